The molecular weight excluding hydrogens is 263 g/mol. The van der Waals surface area contributed by atoms with Crippen LogP contribution in [-0.4, -0.2) is 42.2 Å². The van der Waals surface area contributed by atoms with Crippen LogP contribution >= 0.6 is 0 Å². The van der Waals surface area contributed by atoms with Crippen molar-refractivity contribution in [1.29, 1.82) is 0 Å². The Balaban J connectivity index is 1.98. The molecule has 110 valence electrons. The van der Waals surface area contributed by atoms with E-state index < -0.39 is 11.8 Å². The van der Waals surface area contributed by atoms with Crippen LogP contribution in [-0.2, 0) is 0 Å². The quantitative estimate of drug-likeness (QED) is 0.807. The fraction of sp³-hybridized carbons (Fsp3) is 0.500. The molecule has 1 aliphatic rings. The molecule has 0 saturated carbocycles. The summed E-state index contributed by atoms with van der Waals surface area (Å²) < 4.78 is 19.0. The fourth-order valence-corrected chi connectivity index (χ4v) is 2.51. The van der Waals surface area contributed by atoms with Crippen molar-refractivity contribution in [2.45, 2.75) is 25.3 Å². The predicted octanol–water partition coefficient (Wildman–Crippen LogP) is 1.97. The number of nitrogens with two attached hydrogens (primary N) is 1. The van der Waals surface area contributed by atoms with Gasteiger partial charge in [0.1, 0.15) is 0 Å². The van der Waals surface area contributed by atoms with E-state index in [1.165, 1.54) is 6.42 Å². The first-order valence-corrected chi connectivity index (χ1v) is 6.64. The highest BCUT2D eigenvalue weighted by Crippen LogP contribution is 2.25. The van der Waals surface area contributed by atoms with Gasteiger partial charge in [0.25, 0.3) is 0 Å². The van der Waals surface area contributed by atoms with Crippen LogP contribution in [0.2, 0.25) is 0 Å². The number of aromatic carboxylic acids is 1. The predicted molar refractivity (Wildman–Crippen MR) is 73.5 cm³/mol. The maximum absolute atomic E-state index is 13.7. The Hall–Kier alpha value is -1.82. The number of benzene rings is 1. The number of hydrogen-bond donors (Lipinski definition) is 2. The second kappa shape index (κ2) is 6.09. The van der Waals surface area contributed by atoms with E-state index in [0.717, 1.165) is 31.5 Å². The molecule has 20 heavy (non-hydrogen) atoms. The lowest BCUT2D eigenvalue weighted by molar-refractivity contribution is 0.0697. The highest BCUT2D eigenvalue weighted by Gasteiger charge is 2.21. The van der Waals surface area contributed by atoms with Gasteiger partial charge >= 0.3 is 5.97 Å². The molecule has 1 aromatic carbocycles. The van der Waals surface area contributed by atoms with Crippen LogP contribution in [0.4, 0.5) is 10.1 Å². The number of carbonyl (C=O) groups is 1. The Morgan fingerprint density at radius 1 is 1.60 bits per heavy atom. The molecule has 3 N–H and O–H groups in total. The van der Waals surface area contributed by atoms with Gasteiger partial charge in [-0.1, -0.05) is 0 Å². The zero-order valence-corrected chi connectivity index (χ0v) is 11.4. The topological polar surface area (TPSA) is 75.8 Å². The standard InChI is InChI=1S/C14H19FN2O3/c1-17-5-2-3-9(17)4-6-20-13-7-10(14(18)19)12(16)8-11(13)15/h7-9H,2-6,16H2,1H3,(H,18,19). The third-order valence-corrected chi connectivity index (χ3v) is 3.71. The van der Waals surface area contributed by atoms with Gasteiger partial charge < -0.3 is 20.5 Å². The fourth-order valence-electron chi connectivity index (χ4n) is 2.51. The van der Waals surface area contributed by atoms with Gasteiger partial charge in [0.15, 0.2) is 11.6 Å². The highest BCUT2D eigenvalue weighted by atomic mass is 19.1. The number of ether oxygens (including phenoxy) is 1. The molecule has 6 heteroatoms. The lowest BCUT2D eigenvalue weighted by Gasteiger charge is -2.19. The zero-order chi connectivity index (χ0) is 14.7. The van der Waals surface area contributed by atoms with Crippen molar-refractivity contribution in [1.82, 2.24) is 4.90 Å². The summed E-state index contributed by atoms with van der Waals surface area (Å²) in [7, 11) is 2.06. The molecular formula is C14H19FN2O3. The Bertz CT molecular complexity index is 507. The van der Waals surface area contributed by atoms with E-state index in [2.05, 4.69) is 11.9 Å². The molecule has 1 aliphatic heterocycles. The summed E-state index contributed by atoms with van der Waals surface area (Å²) in [5.74, 6) is -1.88. The first-order valence-electron chi connectivity index (χ1n) is 6.64. The van der Waals surface area contributed by atoms with Crippen LogP contribution < -0.4 is 10.5 Å². The molecule has 5 nitrogen and oxygen atoms in total. The van der Waals surface area contributed by atoms with Gasteiger partial charge in [-0.05, 0) is 38.9 Å². The summed E-state index contributed by atoms with van der Waals surface area (Å²) in [5.41, 5.74) is 5.22. The molecule has 0 amide bonds. The van der Waals surface area contributed by atoms with Crippen molar-refractivity contribution in [3.8, 4) is 5.75 Å². The Labute approximate surface area is 117 Å². The molecule has 1 saturated heterocycles. The number of nitrogen functional groups attached to an aromatic ring is 1. The zero-order valence-electron chi connectivity index (χ0n) is 11.4. The van der Waals surface area contributed by atoms with Crippen molar-refractivity contribution in [2.75, 3.05) is 25.9 Å². The smallest absolute Gasteiger partial charge is 0.337 e. The van der Waals surface area contributed by atoms with Gasteiger partial charge in [-0.15, -0.1) is 0 Å². The van der Waals surface area contributed by atoms with Gasteiger partial charge in [-0.2, -0.15) is 0 Å². The van der Waals surface area contributed by atoms with E-state index in [4.69, 9.17) is 15.6 Å². The van der Waals surface area contributed by atoms with Crippen LogP contribution in [0.5, 0.6) is 5.75 Å². The minimum Gasteiger partial charge on any atom is -0.490 e. The minimum absolute atomic E-state index is 0.0581. The number of nitrogens with zero attached hydrogens (tertiary/aromatic N) is 1. The Kier molecular flexibility index (Phi) is 4.44. The van der Waals surface area contributed by atoms with Crippen molar-refractivity contribution in [3.63, 3.8) is 0 Å². The molecule has 1 unspecified atom stereocenters. The van der Waals surface area contributed by atoms with Crippen LogP contribution in [0, 0.1) is 5.82 Å². The second-order valence-electron chi connectivity index (χ2n) is 5.09. The minimum atomic E-state index is -1.19. The molecule has 1 atom stereocenters. The van der Waals surface area contributed by atoms with Crippen molar-refractivity contribution >= 4 is 11.7 Å². The van der Waals surface area contributed by atoms with Crippen molar-refractivity contribution in [2.24, 2.45) is 0 Å². The van der Waals surface area contributed by atoms with Crippen molar-refractivity contribution < 1.29 is 19.0 Å². The molecule has 1 heterocycles. The molecule has 0 bridgehead atoms. The Morgan fingerprint density at radius 3 is 2.95 bits per heavy atom. The highest BCUT2D eigenvalue weighted by molar-refractivity contribution is 5.94. The summed E-state index contributed by atoms with van der Waals surface area (Å²) in [6, 6.07) is 2.58. The molecule has 0 aliphatic carbocycles. The lowest BCUT2D eigenvalue weighted by atomic mass is 10.1. The maximum Gasteiger partial charge on any atom is 0.337 e. The molecule has 1 fully saturated rings. The van der Waals surface area contributed by atoms with E-state index >= 15 is 0 Å². The van der Waals surface area contributed by atoms with Crippen LogP contribution in [0.1, 0.15) is 29.6 Å². The van der Waals surface area contributed by atoms with Gasteiger partial charge in [-0.3, -0.25) is 0 Å². The summed E-state index contributed by atoms with van der Waals surface area (Å²) in [5, 5.41) is 8.95. The van der Waals surface area contributed by atoms with Crippen LogP contribution in [0.15, 0.2) is 12.1 Å². The van der Waals surface area contributed by atoms with Crippen molar-refractivity contribution in [3.05, 3.63) is 23.5 Å². The number of halogens is 1. The van der Waals surface area contributed by atoms with Crippen LogP contribution in [0.25, 0.3) is 0 Å². The summed E-state index contributed by atoms with van der Waals surface area (Å²) >= 11 is 0. The molecule has 2 rings (SSSR count). The third kappa shape index (κ3) is 3.19. The average molecular weight is 282 g/mol. The lowest BCUT2D eigenvalue weighted by Crippen LogP contribution is -2.26. The van der Waals surface area contributed by atoms with E-state index in [1.54, 1.807) is 0 Å². The van der Waals surface area contributed by atoms with Gasteiger partial charge in [0.2, 0.25) is 0 Å². The first kappa shape index (κ1) is 14.6. The summed E-state index contributed by atoms with van der Waals surface area (Å²) in [4.78, 5) is 13.2. The molecule has 0 spiro atoms. The molecule has 0 aromatic heterocycles. The van der Waals surface area contributed by atoms with Gasteiger partial charge in [0, 0.05) is 17.8 Å². The van der Waals surface area contributed by atoms with Gasteiger partial charge in [-0.25, -0.2) is 9.18 Å². The third-order valence-electron chi connectivity index (χ3n) is 3.71. The number of carboxylic acid groups (broad SMARTS) is 1. The maximum atomic E-state index is 13.7. The number of carboxylic acids is 1. The number of hydrogen-bond acceptors (Lipinski definition) is 4. The Morgan fingerprint density at radius 2 is 2.35 bits per heavy atom. The van der Waals surface area contributed by atoms with Crippen LogP contribution in [0.3, 0.4) is 0 Å². The monoisotopic (exact) mass is 282 g/mol. The second-order valence-corrected chi connectivity index (χ2v) is 5.09. The normalized spacial score (nSPS) is 19.2. The van der Waals surface area contributed by atoms with E-state index in [1.807, 2.05) is 0 Å². The number of rotatable bonds is 5. The summed E-state index contributed by atoms with van der Waals surface area (Å²) in [6.45, 7) is 1.43. The SMILES string of the molecule is CN1CCCC1CCOc1cc(C(=O)O)c(N)cc1F. The van der Waals surface area contributed by atoms with E-state index in [0.29, 0.717) is 12.6 Å². The number of likely N-dealkylation sites (tertiary alicyclic amines) is 1. The van der Waals surface area contributed by atoms with E-state index in [9.17, 15) is 9.18 Å². The first-order chi connectivity index (χ1) is 9.49. The number of anilines is 1. The van der Waals surface area contributed by atoms with Gasteiger partial charge in [0.05, 0.1) is 12.2 Å². The largest absolute Gasteiger partial charge is 0.490 e. The molecule has 1 aromatic rings. The summed E-state index contributed by atoms with van der Waals surface area (Å²) in [6.07, 6.45) is 3.08. The molecule has 0 radical (unpaired) electrons. The average Bonchev–Trinajstić information content (AvgIpc) is 2.77. The van der Waals surface area contributed by atoms with E-state index in [-0.39, 0.29) is 17.0 Å².